The summed E-state index contributed by atoms with van der Waals surface area (Å²) in [6.45, 7) is 8.10. The molecule has 1 aromatic heterocycles. The second kappa shape index (κ2) is 8.69. The summed E-state index contributed by atoms with van der Waals surface area (Å²) in [6.07, 6.45) is 1.48. The lowest BCUT2D eigenvalue weighted by molar-refractivity contribution is 1.23. The van der Waals surface area contributed by atoms with Crippen molar-refractivity contribution in [1.29, 1.82) is 0 Å². The van der Waals surface area contributed by atoms with E-state index in [-0.39, 0.29) is 0 Å². The van der Waals surface area contributed by atoms with E-state index in [9.17, 15) is 0 Å². The summed E-state index contributed by atoms with van der Waals surface area (Å²) in [5.41, 5.74) is 9.06. The number of anilines is 1. The van der Waals surface area contributed by atoms with Crippen molar-refractivity contribution >= 4 is 16.7 Å². The summed E-state index contributed by atoms with van der Waals surface area (Å²) in [5.74, 6) is 0.545. The molecule has 3 nitrogen and oxygen atoms in total. The molecule has 0 fully saturated rings. The standard InChI is InChI=1S/C9H9N3.C7H8.C2H6/c1-6-2-3-8-7(4-6)9(10)12-5-11-8;1-7-5-3-2-4-6-7;1-2/h2-5H,1H3,(H2,10,11,12);2-6H,1H3;1-2H3. The van der Waals surface area contributed by atoms with E-state index in [4.69, 9.17) is 5.73 Å². The van der Waals surface area contributed by atoms with Crippen LogP contribution in [0.5, 0.6) is 0 Å². The maximum Gasteiger partial charge on any atom is 0.134 e. The molecule has 3 heteroatoms. The van der Waals surface area contributed by atoms with E-state index in [1.54, 1.807) is 0 Å². The van der Waals surface area contributed by atoms with Crippen LogP contribution in [0.15, 0.2) is 54.9 Å². The van der Waals surface area contributed by atoms with Crippen molar-refractivity contribution in [3.63, 3.8) is 0 Å². The zero-order valence-electron chi connectivity index (χ0n) is 13.2. The molecule has 0 aliphatic heterocycles. The lowest BCUT2D eigenvalue weighted by atomic mass is 10.1. The van der Waals surface area contributed by atoms with Crippen molar-refractivity contribution in [2.24, 2.45) is 0 Å². The third-order valence-electron chi connectivity index (χ3n) is 2.76. The van der Waals surface area contributed by atoms with Gasteiger partial charge in [-0.05, 0) is 26.0 Å². The van der Waals surface area contributed by atoms with Gasteiger partial charge in [0.1, 0.15) is 12.1 Å². The van der Waals surface area contributed by atoms with Gasteiger partial charge in [-0.25, -0.2) is 9.97 Å². The Labute approximate surface area is 126 Å². The second-order valence-corrected chi connectivity index (χ2v) is 4.43. The van der Waals surface area contributed by atoms with Gasteiger partial charge < -0.3 is 5.73 Å². The average Bonchev–Trinajstić information content (AvgIpc) is 2.52. The SMILES string of the molecule is CC.Cc1ccc2ncnc(N)c2c1.Cc1ccccc1. The third kappa shape index (κ3) is 5.22. The highest BCUT2D eigenvalue weighted by Crippen LogP contribution is 2.17. The van der Waals surface area contributed by atoms with E-state index in [1.165, 1.54) is 17.5 Å². The first-order valence-corrected chi connectivity index (χ1v) is 7.15. The van der Waals surface area contributed by atoms with Gasteiger partial charge in [0, 0.05) is 5.39 Å². The number of hydrogen-bond acceptors (Lipinski definition) is 3. The number of nitrogens with two attached hydrogens (primary N) is 1. The molecule has 0 aliphatic carbocycles. The van der Waals surface area contributed by atoms with Crippen LogP contribution in [0.3, 0.4) is 0 Å². The van der Waals surface area contributed by atoms with Crippen LogP contribution in [-0.4, -0.2) is 9.97 Å². The van der Waals surface area contributed by atoms with Crippen LogP contribution < -0.4 is 5.73 Å². The molecule has 0 saturated heterocycles. The number of nitrogens with zero attached hydrogens (tertiary/aromatic N) is 2. The van der Waals surface area contributed by atoms with Crippen molar-refractivity contribution in [3.05, 3.63) is 66.0 Å². The third-order valence-corrected chi connectivity index (χ3v) is 2.76. The molecule has 0 atom stereocenters. The van der Waals surface area contributed by atoms with E-state index < -0.39 is 0 Å². The fourth-order valence-corrected chi connectivity index (χ4v) is 1.72. The predicted molar refractivity (Wildman–Crippen MR) is 91.2 cm³/mol. The number of nitrogen functional groups attached to an aromatic ring is 1. The number of aromatic nitrogens is 2. The number of rotatable bonds is 0. The lowest BCUT2D eigenvalue weighted by Crippen LogP contribution is -1.92. The van der Waals surface area contributed by atoms with Gasteiger partial charge in [-0.1, -0.05) is 61.4 Å². The first-order chi connectivity index (χ1) is 10.2. The van der Waals surface area contributed by atoms with Gasteiger partial charge in [0.25, 0.3) is 0 Å². The van der Waals surface area contributed by atoms with Crippen LogP contribution in [0, 0.1) is 13.8 Å². The van der Waals surface area contributed by atoms with Crippen molar-refractivity contribution in [3.8, 4) is 0 Å². The first kappa shape index (κ1) is 16.6. The highest BCUT2D eigenvalue weighted by atomic mass is 14.9. The van der Waals surface area contributed by atoms with E-state index in [0.29, 0.717) is 5.82 Å². The summed E-state index contributed by atoms with van der Waals surface area (Å²) >= 11 is 0. The van der Waals surface area contributed by atoms with Crippen molar-refractivity contribution in [1.82, 2.24) is 9.97 Å². The molecule has 0 saturated carbocycles. The molecule has 0 unspecified atom stereocenters. The Morgan fingerprint density at radius 1 is 0.810 bits per heavy atom. The molecule has 0 bridgehead atoms. The molecule has 3 rings (SSSR count). The van der Waals surface area contributed by atoms with Crippen LogP contribution in [0.25, 0.3) is 10.9 Å². The Kier molecular flexibility index (Phi) is 6.88. The maximum absolute atomic E-state index is 5.67. The zero-order chi connectivity index (χ0) is 15.7. The van der Waals surface area contributed by atoms with E-state index >= 15 is 0 Å². The van der Waals surface area contributed by atoms with E-state index in [2.05, 4.69) is 29.0 Å². The molecule has 1 heterocycles. The fraction of sp³-hybridized carbons (Fsp3) is 0.222. The maximum atomic E-state index is 5.67. The minimum atomic E-state index is 0.545. The smallest absolute Gasteiger partial charge is 0.134 e. The molecule has 0 spiro atoms. The zero-order valence-corrected chi connectivity index (χ0v) is 13.2. The molecule has 0 aliphatic rings. The Morgan fingerprint density at radius 2 is 1.48 bits per heavy atom. The Balaban J connectivity index is 0.000000210. The number of hydrogen-bond donors (Lipinski definition) is 1. The molecule has 2 N–H and O–H groups in total. The Morgan fingerprint density at radius 3 is 2.05 bits per heavy atom. The summed E-state index contributed by atoms with van der Waals surface area (Å²) in [5, 5.41) is 0.928. The molecule has 0 amide bonds. The summed E-state index contributed by atoms with van der Waals surface area (Å²) in [7, 11) is 0. The second-order valence-electron chi connectivity index (χ2n) is 4.43. The number of benzene rings is 2. The van der Waals surface area contributed by atoms with Crippen LogP contribution in [0.4, 0.5) is 5.82 Å². The monoisotopic (exact) mass is 281 g/mol. The fourth-order valence-electron chi connectivity index (χ4n) is 1.72. The van der Waals surface area contributed by atoms with Crippen molar-refractivity contribution in [2.45, 2.75) is 27.7 Å². The minimum Gasteiger partial charge on any atom is -0.383 e. The highest BCUT2D eigenvalue weighted by Gasteiger charge is 1.98. The van der Waals surface area contributed by atoms with Crippen molar-refractivity contribution < 1.29 is 0 Å². The van der Waals surface area contributed by atoms with Crippen LogP contribution in [0.1, 0.15) is 25.0 Å². The molecule has 0 radical (unpaired) electrons. The number of aryl methyl sites for hydroxylation is 2. The molecule has 21 heavy (non-hydrogen) atoms. The summed E-state index contributed by atoms with van der Waals surface area (Å²) in [4.78, 5) is 8.01. The molecule has 110 valence electrons. The first-order valence-electron chi connectivity index (χ1n) is 7.15. The quantitative estimate of drug-likeness (QED) is 0.658. The van der Waals surface area contributed by atoms with Crippen LogP contribution in [0.2, 0.25) is 0 Å². The molecule has 2 aromatic carbocycles. The van der Waals surface area contributed by atoms with Gasteiger partial charge >= 0.3 is 0 Å². The predicted octanol–water partition coefficient (Wildman–Crippen LogP) is 4.54. The number of fused-ring (bicyclic) bond motifs is 1. The molecular weight excluding hydrogens is 258 g/mol. The van der Waals surface area contributed by atoms with E-state index in [1.807, 2.05) is 57.2 Å². The average molecular weight is 281 g/mol. The normalized spacial score (nSPS) is 9.14. The largest absolute Gasteiger partial charge is 0.383 e. The van der Waals surface area contributed by atoms with Crippen LogP contribution in [-0.2, 0) is 0 Å². The minimum absolute atomic E-state index is 0.545. The van der Waals surface area contributed by atoms with Gasteiger partial charge in [-0.3, -0.25) is 0 Å². The van der Waals surface area contributed by atoms with Crippen molar-refractivity contribution in [2.75, 3.05) is 5.73 Å². The summed E-state index contributed by atoms with van der Waals surface area (Å²) < 4.78 is 0. The Hall–Kier alpha value is -2.42. The van der Waals surface area contributed by atoms with Gasteiger partial charge in [0.2, 0.25) is 0 Å². The summed E-state index contributed by atoms with van der Waals surface area (Å²) in [6, 6.07) is 16.2. The molecule has 3 aromatic rings. The Bertz CT molecular complexity index is 664. The van der Waals surface area contributed by atoms with Gasteiger partial charge in [0.15, 0.2) is 0 Å². The highest BCUT2D eigenvalue weighted by molar-refractivity contribution is 5.88. The molecular formula is C18H23N3. The topological polar surface area (TPSA) is 51.8 Å². The van der Waals surface area contributed by atoms with E-state index in [0.717, 1.165) is 10.9 Å². The van der Waals surface area contributed by atoms with Gasteiger partial charge in [0.05, 0.1) is 5.52 Å². The van der Waals surface area contributed by atoms with Gasteiger partial charge in [-0.15, -0.1) is 0 Å². The lowest BCUT2D eigenvalue weighted by Gasteiger charge is -1.99. The van der Waals surface area contributed by atoms with Gasteiger partial charge in [-0.2, -0.15) is 0 Å². The van der Waals surface area contributed by atoms with Crippen LogP contribution >= 0.6 is 0 Å².